The van der Waals surface area contributed by atoms with Crippen molar-refractivity contribution in [2.75, 3.05) is 7.11 Å². The van der Waals surface area contributed by atoms with Crippen molar-refractivity contribution in [3.8, 4) is 5.75 Å². The number of hydrogen-bond acceptors (Lipinski definition) is 2. The predicted molar refractivity (Wildman–Crippen MR) is 83.1 cm³/mol. The molecule has 0 aromatic heterocycles. The van der Waals surface area contributed by atoms with E-state index in [1.165, 1.54) is 13.5 Å². The lowest BCUT2D eigenvalue weighted by molar-refractivity contribution is 0.0909. The highest BCUT2D eigenvalue weighted by Gasteiger charge is 2.24. The minimum atomic E-state index is -0.866. The maximum absolute atomic E-state index is 13.6. The first-order chi connectivity index (χ1) is 10.5. The summed E-state index contributed by atoms with van der Waals surface area (Å²) in [6.07, 6.45) is 4.21. The van der Waals surface area contributed by atoms with Crippen molar-refractivity contribution in [3.63, 3.8) is 0 Å². The summed E-state index contributed by atoms with van der Waals surface area (Å²) in [6, 6.07) is 2.08. The maximum Gasteiger partial charge on any atom is 0.251 e. The molecule has 1 aliphatic rings. The third-order valence-corrected chi connectivity index (χ3v) is 3.89. The standard InChI is InChI=1S/C15H19F2NO2.C2H6/c1-9-5-3-4-6-13(9)18-15(19)10-7-11(16)14(20-2)12(17)8-10;1-2/h7-9,13H,3-6H2,1-2H3,(H,18,19);1-2H3. The van der Waals surface area contributed by atoms with Gasteiger partial charge in [0, 0.05) is 11.6 Å². The average molecular weight is 313 g/mol. The van der Waals surface area contributed by atoms with Crippen molar-refractivity contribution < 1.29 is 18.3 Å². The highest BCUT2D eigenvalue weighted by atomic mass is 19.1. The Morgan fingerprint density at radius 1 is 1.18 bits per heavy atom. The number of carbonyl (C=O) groups excluding carboxylic acids is 1. The quantitative estimate of drug-likeness (QED) is 0.903. The average Bonchev–Trinajstić information content (AvgIpc) is 2.51. The first-order valence-electron chi connectivity index (χ1n) is 7.87. The normalized spacial score (nSPS) is 20.6. The molecule has 0 bridgehead atoms. The molecule has 22 heavy (non-hydrogen) atoms. The number of amides is 1. The molecule has 1 aliphatic carbocycles. The Labute approximate surface area is 131 Å². The predicted octanol–water partition coefficient (Wildman–Crippen LogP) is 4.31. The van der Waals surface area contributed by atoms with Crippen molar-refractivity contribution in [1.82, 2.24) is 5.32 Å². The molecule has 5 heteroatoms. The van der Waals surface area contributed by atoms with Crippen LogP contribution in [0.15, 0.2) is 12.1 Å². The lowest BCUT2D eigenvalue weighted by Crippen LogP contribution is -2.41. The molecule has 3 nitrogen and oxygen atoms in total. The first kappa shape index (κ1) is 18.4. The van der Waals surface area contributed by atoms with E-state index >= 15 is 0 Å². The maximum atomic E-state index is 13.6. The second-order valence-electron chi connectivity index (χ2n) is 5.31. The Kier molecular flexibility index (Phi) is 7.28. The van der Waals surface area contributed by atoms with Crippen molar-refractivity contribution in [1.29, 1.82) is 0 Å². The number of nitrogens with one attached hydrogen (secondary N) is 1. The van der Waals surface area contributed by atoms with E-state index in [0.29, 0.717) is 5.92 Å². The van der Waals surface area contributed by atoms with Crippen molar-refractivity contribution >= 4 is 5.91 Å². The molecule has 1 saturated carbocycles. The molecule has 0 radical (unpaired) electrons. The Morgan fingerprint density at radius 2 is 1.73 bits per heavy atom. The summed E-state index contributed by atoms with van der Waals surface area (Å²) in [5, 5.41) is 2.86. The van der Waals surface area contributed by atoms with Gasteiger partial charge in [-0.1, -0.05) is 33.6 Å². The van der Waals surface area contributed by atoms with Gasteiger partial charge in [0.05, 0.1) is 7.11 Å². The Hall–Kier alpha value is -1.65. The summed E-state index contributed by atoms with van der Waals surface area (Å²) in [4.78, 5) is 12.1. The molecule has 2 rings (SSSR count). The van der Waals surface area contributed by atoms with Crippen LogP contribution in [-0.2, 0) is 0 Å². The summed E-state index contributed by atoms with van der Waals surface area (Å²) >= 11 is 0. The number of methoxy groups -OCH3 is 1. The third-order valence-electron chi connectivity index (χ3n) is 3.89. The summed E-state index contributed by atoms with van der Waals surface area (Å²) < 4.78 is 31.8. The highest BCUT2D eigenvalue weighted by molar-refractivity contribution is 5.94. The van der Waals surface area contributed by atoms with Crippen LogP contribution in [-0.4, -0.2) is 19.1 Å². The Balaban J connectivity index is 0.00000116. The van der Waals surface area contributed by atoms with E-state index in [-0.39, 0.29) is 11.6 Å². The van der Waals surface area contributed by atoms with Crippen LogP contribution in [0.4, 0.5) is 8.78 Å². The van der Waals surface area contributed by atoms with E-state index in [1.54, 1.807) is 0 Å². The van der Waals surface area contributed by atoms with E-state index in [0.717, 1.165) is 31.4 Å². The summed E-state index contributed by atoms with van der Waals surface area (Å²) in [6.45, 7) is 6.08. The minimum Gasteiger partial charge on any atom is -0.491 e. The second-order valence-corrected chi connectivity index (χ2v) is 5.31. The van der Waals surface area contributed by atoms with E-state index < -0.39 is 23.3 Å². The molecule has 1 aromatic carbocycles. The van der Waals surface area contributed by atoms with Gasteiger partial charge >= 0.3 is 0 Å². The highest BCUT2D eigenvalue weighted by Crippen LogP contribution is 2.25. The topological polar surface area (TPSA) is 38.3 Å². The van der Waals surface area contributed by atoms with Crippen LogP contribution in [0.2, 0.25) is 0 Å². The summed E-state index contributed by atoms with van der Waals surface area (Å²) in [5.41, 5.74) is -0.0152. The largest absolute Gasteiger partial charge is 0.491 e. The fourth-order valence-electron chi connectivity index (χ4n) is 2.67. The van der Waals surface area contributed by atoms with Gasteiger partial charge in [0.2, 0.25) is 0 Å². The summed E-state index contributed by atoms with van der Waals surface area (Å²) in [7, 11) is 1.19. The number of carbonyl (C=O) groups is 1. The first-order valence-corrected chi connectivity index (χ1v) is 7.87. The molecule has 1 N–H and O–H groups in total. The molecular weight excluding hydrogens is 288 g/mol. The zero-order valence-corrected chi connectivity index (χ0v) is 13.7. The summed E-state index contributed by atoms with van der Waals surface area (Å²) in [5.74, 6) is -2.25. The zero-order chi connectivity index (χ0) is 16.7. The number of benzene rings is 1. The van der Waals surface area contributed by atoms with E-state index in [4.69, 9.17) is 0 Å². The zero-order valence-electron chi connectivity index (χ0n) is 13.7. The Bertz CT molecular complexity index is 482. The van der Waals surface area contributed by atoms with Crippen molar-refractivity contribution in [3.05, 3.63) is 29.3 Å². The van der Waals surface area contributed by atoms with Crippen LogP contribution in [0.25, 0.3) is 0 Å². The Morgan fingerprint density at radius 3 is 2.23 bits per heavy atom. The number of halogens is 2. The van der Waals surface area contributed by atoms with Gasteiger partial charge in [-0.25, -0.2) is 8.78 Å². The monoisotopic (exact) mass is 313 g/mol. The molecule has 0 aliphatic heterocycles. The van der Waals surface area contributed by atoms with Crippen molar-refractivity contribution in [2.45, 2.75) is 52.5 Å². The van der Waals surface area contributed by atoms with Gasteiger partial charge in [-0.2, -0.15) is 0 Å². The lowest BCUT2D eigenvalue weighted by Gasteiger charge is -2.29. The van der Waals surface area contributed by atoms with Gasteiger partial charge in [-0.3, -0.25) is 4.79 Å². The van der Waals surface area contributed by atoms with Gasteiger partial charge < -0.3 is 10.1 Å². The van der Waals surface area contributed by atoms with Gasteiger partial charge in [0.25, 0.3) is 5.91 Å². The van der Waals surface area contributed by atoms with Gasteiger partial charge in [0.1, 0.15) is 0 Å². The van der Waals surface area contributed by atoms with Crippen LogP contribution >= 0.6 is 0 Å². The molecule has 1 fully saturated rings. The molecule has 1 aromatic rings. The van der Waals surface area contributed by atoms with Crippen LogP contribution in [0.1, 0.15) is 56.8 Å². The second kappa shape index (κ2) is 8.71. The smallest absolute Gasteiger partial charge is 0.251 e. The lowest BCUT2D eigenvalue weighted by atomic mass is 9.86. The van der Waals surface area contributed by atoms with Gasteiger partial charge in [0.15, 0.2) is 17.4 Å². The molecular formula is C17H25F2NO2. The molecule has 2 atom stereocenters. The molecule has 124 valence electrons. The molecule has 0 spiro atoms. The fourth-order valence-corrected chi connectivity index (χ4v) is 2.67. The van der Waals surface area contributed by atoms with Crippen molar-refractivity contribution in [2.24, 2.45) is 5.92 Å². The van der Waals surface area contributed by atoms with E-state index in [2.05, 4.69) is 17.0 Å². The van der Waals surface area contributed by atoms with Crippen LogP contribution < -0.4 is 10.1 Å². The van der Waals surface area contributed by atoms with E-state index in [1.807, 2.05) is 13.8 Å². The van der Waals surface area contributed by atoms with Gasteiger partial charge in [-0.15, -0.1) is 0 Å². The molecule has 2 unspecified atom stereocenters. The van der Waals surface area contributed by atoms with E-state index in [9.17, 15) is 13.6 Å². The SMILES string of the molecule is CC.COc1c(F)cc(C(=O)NC2CCCCC2C)cc1F. The fraction of sp³-hybridized carbons (Fsp3) is 0.588. The molecule has 1 amide bonds. The van der Waals surface area contributed by atoms with Crippen LogP contribution in [0.3, 0.4) is 0 Å². The van der Waals surface area contributed by atoms with Crippen LogP contribution in [0.5, 0.6) is 5.75 Å². The number of ether oxygens (including phenoxy) is 1. The van der Waals surface area contributed by atoms with Crippen LogP contribution in [0, 0.1) is 17.6 Å². The third kappa shape index (κ3) is 4.42. The number of hydrogen-bond donors (Lipinski definition) is 1. The minimum absolute atomic E-state index is 0.0152. The van der Waals surface area contributed by atoms with Gasteiger partial charge in [-0.05, 0) is 30.9 Å². The molecule has 0 saturated heterocycles. The number of rotatable bonds is 3. The molecule has 0 heterocycles.